The van der Waals surface area contributed by atoms with Crippen LogP contribution in [0.15, 0.2) is 4.52 Å². The fourth-order valence-corrected chi connectivity index (χ4v) is 1.58. The van der Waals surface area contributed by atoms with Crippen LogP contribution in [0.5, 0.6) is 0 Å². The summed E-state index contributed by atoms with van der Waals surface area (Å²) in [5, 5.41) is 3.90. The number of hydrogen-bond donors (Lipinski definition) is 1. The summed E-state index contributed by atoms with van der Waals surface area (Å²) in [7, 11) is 0. The molecule has 1 rings (SSSR count). The van der Waals surface area contributed by atoms with Crippen LogP contribution in [-0.4, -0.2) is 22.9 Å². The maximum absolute atomic E-state index is 5.44. The molecule has 1 aromatic rings. The molecule has 2 N–H and O–H groups in total. The van der Waals surface area contributed by atoms with Crippen LogP contribution in [0, 0.1) is 0 Å². The maximum atomic E-state index is 5.44. The highest BCUT2D eigenvalue weighted by atomic mass is 32.2. The van der Waals surface area contributed by atoms with Crippen molar-refractivity contribution in [1.82, 2.24) is 10.1 Å². The molecule has 0 aliphatic carbocycles. The SMILES string of the molecule is CSCc1noc(C(C)CCCN)n1. The van der Waals surface area contributed by atoms with Gasteiger partial charge < -0.3 is 10.3 Å². The Morgan fingerprint density at radius 2 is 2.36 bits per heavy atom. The Morgan fingerprint density at radius 1 is 1.57 bits per heavy atom. The summed E-state index contributed by atoms with van der Waals surface area (Å²) < 4.78 is 5.16. The van der Waals surface area contributed by atoms with E-state index in [0.29, 0.717) is 5.92 Å². The number of thioether (sulfide) groups is 1. The molecule has 80 valence electrons. The van der Waals surface area contributed by atoms with Gasteiger partial charge in [-0.15, -0.1) is 0 Å². The third kappa shape index (κ3) is 3.31. The molecule has 0 spiro atoms. The molecule has 1 atom stereocenters. The van der Waals surface area contributed by atoms with E-state index in [1.165, 1.54) is 0 Å². The second-order valence-electron chi connectivity index (χ2n) is 3.31. The van der Waals surface area contributed by atoms with Crippen LogP contribution in [0.1, 0.15) is 37.4 Å². The fraction of sp³-hybridized carbons (Fsp3) is 0.778. The van der Waals surface area contributed by atoms with E-state index >= 15 is 0 Å². The molecule has 0 saturated carbocycles. The zero-order valence-electron chi connectivity index (χ0n) is 8.69. The Balaban J connectivity index is 2.48. The maximum Gasteiger partial charge on any atom is 0.229 e. The van der Waals surface area contributed by atoms with Gasteiger partial charge in [0.15, 0.2) is 5.82 Å². The molecular formula is C9H17N3OS. The first-order chi connectivity index (χ1) is 6.77. The van der Waals surface area contributed by atoms with Gasteiger partial charge in [0.2, 0.25) is 5.89 Å². The van der Waals surface area contributed by atoms with Crippen LogP contribution < -0.4 is 5.73 Å². The van der Waals surface area contributed by atoms with Gasteiger partial charge in [0.05, 0.1) is 5.75 Å². The Bertz CT molecular complexity index is 264. The highest BCUT2D eigenvalue weighted by Gasteiger charge is 2.13. The molecule has 0 aliphatic rings. The van der Waals surface area contributed by atoms with Crippen LogP contribution in [0.4, 0.5) is 0 Å². The lowest BCUT2D eigenvalue weighted by Gasteiger charge is -2.03. The topological polar surface area (TPSA) is 64.9 Å². The highest BCUT2D eigenvalue weighted by Crippen LogP contribution is 2.19. The third-order valence-corrected chi connectivity index (χ3v) is 2.57. The molecule has 0 radical (unpaired) electrons. The summed E-state index contributed by atoms with van der Waals surface area (Å²) in [5.74, 6) is 2.66. The minimum Gasteiger partial charge on any atom is -0.339 e. The zero-order valence-corrected chi connectivity index (χ0v) is 9.51. The Morgan fingerprint density at radius 3 is 3.00 bits per heavy atom. The van der Waals surface area contributed by atoms with Crippen LogP contribution >= 0.6 is 11.8 Å². The van der Waals surface area contributed by atoms with Crippen molar-refractivity contribution in [2.75, 3.05) is 12.8 Å². The van der Waals surface area contributed by atoms with Gasteiger partial charge in [-0.2, -0.15) is 16.7 Å². The minimum atomic E-state index is 0.321. The molecule has 14 heavy (non-hydrogen) atoms. The molecule has 0 aromatic carbocycles. The molecule has 1 heterocycles. The smallest absolute Gasteiger partial charge is 0.229 e. The highest BCUT2D eigenvalue weighted by molar-refractivity contribution is 7.97. The molecule has 4 nitrogen and oxygen atoms in total. The molecule has 0 aliphatic heterocycles. The first-order valence-electron chi connectivity index (χ1n) is 4.79. The fourth-order valence-electron chi connectivity index (χ4n) is 1.20. The summed E-state index contributed by atoms with van der Waals surface area (Å²) in [5.41, 5.74) is 5.44. The van der Waals surface area contributed by atoms with E-state index in [0.717, 1.165) is 36.9 Å². The predicted molar refractivity (Wildman–Crippen MR) is 58.2 cm³/mol. The number of nitrogens with zero attached hydrogens (tertiary/aromatic N) is 2. The zero-order chi connectivity index (χ0) is 10.4. The van der Waals surface area contributed by atoms with Crippen molar-refractivity contribution < 1.29 is 4.52 Å². The Kier molecular flexibility index (Phi) is 4.97. The van der Waals surface area contributed by atoms with Gasteiger partial charge in [-0.1, -0.05) is 12.1 Å². The first kappa shape index (κ1) is 11.5. The second-order valence-corrected chi connectivity index (χ2v) is 4.18. The summed E-state index contributed by atoms with van der Waals surface area (Å²) >= 11 is 1.69. The number of rotatable bonds is 6. The van der Waals surface area contributed by atoms with E-state index in [9.17, 15) is 0 Å². The van der Waals surface area contributed by atoms with Crippen molar-refractivity contribution >= 4 is 11.8 Å². The molecule has 1 aromatic heterocycles. The standard InChI is InChI=1S/C9H17N3OS/c1-7(4-3-5-10)9-11-8(6-14-2)12-13-9/h7H,3-6,10H2,1-2H3. The normalized spacial score (nSPS) is 13.1. The molecule has 0 bridgehead atoms. The van der Waals surface area contributed by atoms with Crippen molar-refractivity contribution in [3.05, 3.63) is 11.7 Å². The van der Waals surface area contributed by atoms with Gasteiger partial charge in [0, 0.05) is 5.92 Å². The number of hydrogen-bond acceptors (Lipinski definition) is 5. The Hall–Kier alpha value is -0.550. The van der Waals surface area contributed by atoms with Gasteiger partial charge in [-0.3, -0.25) is 0 Å². The van der Waals surface area contributed by atoms with Gasteiger partial charge in [0.25, 0.3) is 0 Å². The largest absolute Gasteiger partial charge is 0.339 e. The molecule has 1 unspecified atom stereocenters. The van der Waals surface area contributed by atoms with Gasteiger partial charge in [-0.05, 0) is 25.6 Å². The van der Waals surface area contributed by atoms with Crippen LogP contribution in [0.3, 0.4) is 0 Å². The summed E-state index contributed by atoms with van der Waals surface area (Å²) in [4.78, 5) is 4.31. The van der Waals surface area contributed by atoms with Crippen molar-refractivity contribution in [2.24, 2.45) is 5.73 Å². The summed E-state index contributed by atoms with van der Waals surface area (Å²) in [6.07, 6.45) is 4.03. The van der Waals surface area contributed by atoms with Crippen molar-refractivity contribution in [3.63, 3.8) is 0 Å². The van der Waals surface area contributed by atoms with Gasteiger partial charge >= 0.3 is 0 Å². The lowest BCUT2D eigenvalue weighted by Crippen LogP contribution is -2.02. The minimum absolute atomic E-state index is 0.321. The average molecular weight is 215 g/mol. The first-order valence-corrected chi connectivity index (χ1v) is 6.18. The van der Waals surface area contributed by atoms with Gasteiger partial charge in [0.1, 0.15) is 0 Å². The van der Waals surface area contributed by atoms with E-state index in [2.05, 4.69) is 17.1 Å². The molecule has 0 amide bonds. The molecular weight excluding hydrogens is 198 g/mol. The summed E-state index contributed by atoms with van der Waals surface area (Å²) in [6, 6.07) is 0. The average Bonchev–Trinajstić information content (AvgIpc) is 2.63. The van der Waals surface area contributed by atoms with Crippen LogP contribution in [0.2, 0.25) is 0 Å². The number of nitrogens with two attached hydrogens (primary N) is 1. The quantitative estimate of drug-likeness (QED) is 0.783. The monoisotopic (exact) mass is 215 g/mol. The van der Waals surface area contributed by atoms with E-state index in [-0.39, 0.29) is 0 Å². The second kappa shape index (κ2) is 6.03. The van der Waals surface area contributed by atoms with E-state index in [1.54, 1.807) is 11.8 Å². The van der Waals surface area contributed by atoms with E-state index in [4.69, 9.17) is 10.3 Å². The number of aromatic nitrogens is 2. The Labute approximate surface area is 88.6 Å². The third-order valence-electron chi connectivity index (χ3n) is 2.02. The van der Waals surface area contributed by atoms with Crippen molar-refractivity contribution in [2.45, 2.75) is 31.4 Å². The molecule has 5 heteroatoms. The molecule has 0 saturated heterocycles. The van der Waals surface area contributed by atoms with Gasteiger partial charge in [-0.25, -0.2) is 0 Å². The van der Waals surface area contributed by atoms with Crippen molar-refractivity contribution in [3.8, 4) is 0 Å². The van der Waals surface area contributed by atoms with Crippen LogP contribution in [-0.2, 0) is 5.75 Å². The lowest BCUT2D eigenvalue weighted by molar-refractivity contribution is 0.349. The lowest BCUT2D eigenvalue weighted by atomic mass is 10.1. The summed E-state index contributed by atoms with van der Waals surface area (Å²) in [6.45, 7) is 2.81. The predicted octanol–water partition coefficient (Wildman–Crippen LogP) is 1.77. The van der Waals surface area contributed by atoms with E-state index in [1.807, 2.05) is 6.26 Å². The molecule has 0 fully saturated rings. The van der Waals surface area contributed by atoms with Crippen LogP contribution in [0.25, 0.3) is 0 Å². The van der Waals surface area contributed by atoms with Crippen molar-refractivity contribution in [1.29, 1.82) is 0 Å². The van der Waals surface area contributed by atoms with E-state index < -0.39 is 0 Å².